The highest BCUT2D eigenvalue weighted by Gasteiger charge is 2.11. The van der Waals surface area contributed by atoms with Gasteiger partial charge in [-0.1, -0.05) is 12.1 Å². The van der Waals surface area contributed by atoms with E-state index in [0.717, 1.165) is 17.6 Å². The summed E-state index contributed by atoms with van der Waals surface area (Å²) >= 11 is 0. The third-order valence-corrected chi connectivity index (χ3v) is 5.26. The van der Waals surface area contributed by atoms with Crippen LogP contribution in [-0.2, 0) is 28.6 Å². The molecule has 168 valence electrons. The Bertz CT molecular complexity index is 1110. The summed E-state index contributed by atoms with van der Waals surface area (Å²) in [5.41, 5.74) is 2.98. The van der Waals surface area contributed by atoms with Gasteiger partial charge in [-0.05, 0) is 42.3 Å². The number of pyridine rings is 1. The van der Waals surface area contributed by atoms with Crippen LogP contribution in [0.1, 0.15) is 23.7 Å². The molecule has 0 saturated heterocycles. The number of hydrogen-bond donors (Lipinski definition) is 2. The first-order chi connectivity index (χ1) is 14.3. The molecule has 0 atom stereocenters. The molecule has 31 heavy (non-hydrogen) atoms. The second kappa shape index (κ2) is 11.4. The molecule has 7 nitrogen and oxygen atoms in total. The van der Waals surface area contributed by atoms with Crippen molar-refractivity contribution in [1.29, 1.82) is 0 Å². The van der Waals surface area contributed by atoms with Gasteiger partial charge in [0.25, 0.3) is 0 Å². The number of imidazole rings is 1. The van der Waals surface area contributed by atoms with Gasteiger partial charge in [-0.15, -0.1) is 24.0 Å². The Morgan fingerprint density at radius 2 is 2.00 bits per heavy atom. The van der Waals surface area contributed by atoms with Crippen LogP contribution in [0.25, 0.3) is 5.65 Å². The average Bonchev–Trinajstić information content (AvgIpc) is 3.09. The lowest BCUT2D eigenvalue weighted by molar-refractivity contribution is 0.600. The summed E-state index contributed by atoms with van der Waals surface area (Å²) in [6.45, 7) is 3.41. The Morgan fingerprint density at radius 1 is 1.19 bits per heavy atom. The van der Waals surface area contributed by atoms with Crippen molar-refractivity contribution in [3.05, 3.63) is 71.4 Å². The molecule has 0 aliphatic heterocycles. The SMILES string of the molecule is CCNC(=NCc1cc(F)ccc1CS(C)(=O)=O)NCCc1cn2ccccc2n1.I. The van der Waals surface area contributed by atoms with Crippen LogP contribution in [0.4, 0.5) is 4.39 Å². The Morgan fingerprint density at radius 3 is 2.71 bits per heavy atom. The standard InChI is InChI=1S/C21H26FN5O2S.HI/c1-3-23-21(24-10-9-19-14-27-11-5-4-6-20(27)26-19)25-13-17-12-18(22)8-7-16(17)15-30(2,28)29;/h4-8,11-12,14H,3,9-10,13,15H2,1-2H3,(H2,23,24,25);1H. The number of fused-ring (bicyclic) bond motifs is 1. The third kappa shape index (κ3) is 7.76. The van der Waals surface area contributed by atoms with E-state index in [0.29, 0.717) is 36.6 Å². The number of guanidine groups is 1. The molecule has 2 aromatic heterocycles. The summed E-state index contributed by atoms with van der Waals surface area (Å²) in [5, 5.41) is 6.39. The Balaban J connectivity index is 0.00000341. The molecule has 2 N–H and O–H groups in total. The van der Waals surface area contributed by atoms with E-state index in [4.69, 9.17) is 0 Å². The van der Waals surface area contributed by atoms with Crippen molar-refractivity contribution in [2.45, 2.75) is 25.6 Å². The molecule has 3 aromatic rings. The minimum absolute atomic E-state index is 0. The first kappa shape index (κ1) is 25.1. The Kier molecular flexibility index (Phi) is 9.23. The molecular weight excluding hydrogens is 532 g/mol. The summed E-state index contributed by atoms with van der Waals surface area (Å²) in [6, 6.07) is 9.97. The molecule has 1 aromatic carbocycles. The van der Waals surface area contributed by atoms with Gasteiger partial charge in [0, 0.05) is 38.2 Å². The smallest absolute Gasteiger partial charge is 0.191 e. The highest BCUT2D eigenvalue weighted by atomic mass is 127. The maximum Gasteiger partial charge on any atom is 0.191 e. The van der Waals surface area contributed by atoms with Crippen LogP contribution in [0.3, 0.4) is 0 Å². The van der Waals surface area contributed by atoms with Crippen LogP contribution in [0.15, 0.2) is 53.8 Å². The van der Waals surface area contributed by atoms with Crippen molar-refractivity contribution in [2.75, 3.05) is 19.3 Å². The molecule has 2 heterocycles. The van der Waals surface area contributed by atoms with E-state index in [-0.39, 0.29) is 36.3 Å². The zero-order valence-electron chi connectivity index (χ0n) is 17.5. The number of rotatable bonds is 8. The summed E-state index contributed by atoms with van der Waals surface area (Å²) in [6.07, 6.45) is 5.82. The lowest BCUT2D eigenvalue weighted by atomic mass is 10.1. The van der Waals surface area contributed by atoms with E-state index >= 15 is 0 Å². The van der Waals surface area contributed by atoms with Crippen molar-refractivity contribution in [2.24, 2.45) is 4.99 Å². The van der Waals surface area contributed by atoms with E-state index in [1.807, 2.05) is 41.9 Å². The number of aromatic nitrogens is 2. The predicted octanol–water partition coefficient (Wildman–Crippen LogP) is 2.93. The molecule has 10 heteroatoms. The van der Waals surface area contributed by atoms with Crippen molar-refractivity contribution < 1.29 is 12.8 Å². The summed E-state index contributed by atoms with van der Waals surface area (Å²) in [7, 11) is -3.23. The summed E-state index contributed by atoms with van der Waals surface area (Å²) < 4.78 is 39.0. The van der Waals surface area contributed by atoms with E-state index in [1.165, 1.54) is 18.2 Å². The fourth-order valence-electron chi connectivity index (χ4n) is 3.09. The zero-order chi connectivity index (χ0) is 21.6. The minimum Gasteiger partial charge on any atom is -0.357 e. The van der Waals surface area contributed by atoms with Crippen molar-refractivity contribution in [3.8, 4) is 0 Å². The van der Waals surface area contributed by atoms with Crippen LogP contribution in [0, 0.1) is 5.82 Å². The highest BCUT2D eigenvalue weighted by Crippen LogP contribution is 2.15. The largest absolute Gasteiger partial charge is 0.357 e. The van der Waals surface area contributed by atoms with Crippen LogP contribution < -0.4 is 10.6 Å². The summed E-state index contributed by atoms with van der Waals surface area (Å²) in [5.74, 6) is 0.0220. The molecule has 0 aliphatic rings. The highest BCUT2D eigenvalue weighted by molar-refractivity contribution is 14.0. The van der Waals surface area contributed by atoms with Crippen LogP contribution >= 0.6 is 24.0 Å². The molecule has 0 bridgehead atoms. The van der Waals surface area contributed by atoms with Crippen LogP contribution in [-0.4, -0.2) is 43.1 Å². The van der Waals surface area contributed by atoms with E-state index < -0.39 is 15.7 Å². The zero-order valence-corrected chi connectivity index (χ0v) is 20.7. The van der Waals surface area contributed by atoms with E-state index in [9.17, 15) is 12.8 Å². The molecule has 0 radical (unpaired) electrons. The first-order valence-corrected chi connectivity index (χ1v) is 11.8. The maximum atomic E-state index is 13.7. The molecular formula is C21H27FIN5O2S. The normalized spacial score (nSPS) is 11.9. The monoisotopic (exact) mass is 559 g/mol. The fourth-order valence-corrected chi connectivity index (χ4v) is 3.93. The molecule has 0 aliphatic carbocycles. The summed E-state index contributed by atoms with van der Waals surface area (Å²) in [4.78, 5) is 9.07. The van der Waals surface area contributed by atoms with E-state index in [2.05, 4.69) is 20.6 Å². The van der Waals surface area contributed by atoms with Gasteiger partial charge >= 0.3 is 0 Å². The molecule has 0 amide bonds. The van der Waals surface area contributed by atoms with Crippen LogP contribution in [0.5, 0.6) is 0 Å². The number of hydrogen-bond acceptors (Lipinski definition) is 4. The Labute approximate surface area is 199 Å². The predicted molar refractivity (Wildman–Crippen MR) is 132 cm³/mol. The van der Waals surface area contributed by atoms with Gasteiger partial charge in [0.1, 0.15) is 11.5 Å². The van der Waals surface area contributed by atoms with Gasteiger partial charge in [0.15, 0.2) is 15.8 Å². The Hall–Kier alpha value is -2.21. The topological polar surface area (TPSA) is 87.9 Å². The fraction of sp³-hybridized carbons (Fsp3) is 0.333. The van der Waals surface area contributed by atoms with Gasteiger partial charge in [-0.2, -0.15) is 0 Å². The van der Waals surface area contributed by atoms with Gasteiger partial charge in [0.2, 0.25) is 0 Å². The first-order valence-electron chi connectivity index (χ1n) is 9.74. The molecule has 3 rings (SSSR count). The minimum atomic E-state index is -3.23. The third-order valence-electron chi connectivity index (χ3n) is 4.43. The van der Waals surface area contributed by atoms with E-state index in [1.54, 1.807) is 0 Å². The number of aliphatic imine (C=N–C) groups is 1. The second-order valence-electron chi connectivity index (χ2n) is 7.05. The second-order valence-corrected chi connectivity index (χ2v) is 9.19. The van der Waals surface area contributed by atoms with Crippen LogP contribution in [0.2, 0.25) is 0 Å². The number of benzene rings is 1. The molecule has 0 fully saturated rings. The van der Waals surface area contributed by atoms with Gasteiger partial charge in [-0.3, -0.25) is 0 Å². The van der Waals surface area contributed by atoms with Crippen molar-refractivity contribution in [3.63, 3.8) is 0 Å². The van der Waals surface area contributed by atoms with Gasteiger partial charge in [-0.25, -0.2) is 22.8 Å². The molecule has 0 spiro atoms. The van der Waals surface area contributed by atoms with Crippen molar-refractivity contribution in [1.82, 2.24) is 20.0 Å². The van der Waals surface area contributed by atoms with Gasteiger partial charge < -0.3 is 15.0 Å². The lowest BCUT2D eigenvalue weighted by Crippen LogP contribution is -2.38. The molecule has 0 saturated carbocycles. The quantitative estimate of drug-likeness (QED) is 0.252. The maximum absolute atomic E-state index is 13.7. The average molecular weight is 559 g/mol. The number of nitrogens with one attached hydrogen (secondary N) is 2. The number of nitrogens with zero attached hydrogens (tertiary/aromatic N) is 3. The molecule has 0 unspecified atom stereocenters. The van der Waals surface area contributed by atoms with Crippen molar-refractivity contribution >= 4 is 45.4 Å². The van der Waals surface area contributed by atoms with Gasteiger partial charge in [0.05, 0.1) is 18.0 Å². The lowest BCUT2D eigenvalue weighted by Gasteiger charge is -2.12. The number of halogens is 2. The number of sulfone groups is 1.